The van der Waals surface area contributed by atoms with E-state index in [-0.39, 0.29) is 16.5 Å². The molecule has 0 saturated heterocycles. The topological polar surface area (TPSA) is 92.1 Å². The molecular formula is C15H14F3N3O3S. The highest BCUT2D eigenvalue weighted by molar-refractivity contribution is 7.91. The van der Waals surface area contributed by atoms with Crippen LogP contribution in [0, 0.1) is 4.78 Å². The number of benzene rings is 1. The van der Waals surface area contributed by atoms with Gasteiger partial charge in [0.15, 0.2) is 0 Å². The number of pyridine rings is 1. The van der Waals surface area contributed by atoms with Gasteiger partial charge in [0.05, 0.1) is 22.4 Å². The molecule has 1 aromatic carbocycles. The summed E-state index contributed by atoms with van der Waals surface area (Å²) >= 11 is 0. The Hall–Kier alpha value is -2.62. The lowest BCUT2D eigenvalue weighted by atomic mass is 10.1. The molecule has 1 heterocycles. The summed E-state index contributed by atoms with van der Waals surface area (Å²) in [5.41, 5.74) is -1.30. The quantitative estimate of drug-likeness (QED) is 0.859. The predicted molar refractivity (Wildman–Crippen MR) is 85.2 cm³/mol. The summed E-state index contributed by atoms with van der Waals surface area (Å²) in [6, 6.07) is 6.35. The molecule has 0 unspecified atom stereocenters. The van der Waals surface area contributed by atoms with E-state index < -0.39 is 32.9 Å². The molecule has 2 rings (SSSR count). The van der Waals surface area contributed by atoms with Crippen molar-refractivity contribution in [3.05, 3.63) is 47.7 Å². The van der Waals surface area contributed by atoms with Gasteiger partial charge in [0.2, 0.25) is 5.88 Å². The number of anilines is 1. The van der Waals surface area contributed by atoms with E-state index in [0.29, 0.717) is 12.3 Å². The van der Waals surface area contributed by atoms with Gasteiger partial charge in [0, 0.05) is 23.0 Å². The fraction of sp³-hybridized carbons (Fsp3) is 0.200. The van der Waals surface area contributed by atoms with Crippen LogP contribution < -0.4 is 10.1 Å². The highest BCUT2D eigenvalue weighted by Gasteiger charge is 2.32. The van der Waals surface area contributed by atoms with E-state index in [2.05, 4.69) is 10.3 Å². The Morgan fingerprint density at radius 3 is 2.56 bits per heavy atom. The molecule has 0 fully saturated rings. The first-order valence-corrected chi connectivity index (χ1v) is 8.75. The Morgan fingerprint density at radius 1 is 1.32 bits per heavy atom. The number of methoxy groups -OCH3 is 1. The molecule has 0 spiro atoms. The van der Waals surface area contributed by atoms with Crippen molar-refractivity contribution in [3.63, 3.8) is 0 Å². The van der Waals surface area contributed by atoms with E-state index >= 15 is 0 Å². The second kappa shape index (κ2) is 6.71. The maximum Gasteiger partial charge on any atom is 0.417 e. The SMILES string of the molecule is COc1ncc(C(F)(F)F)cc1C(=O)Nc1cccc([S@](C)(=N)=O)c1. The summed E-state index contributed by atoms with van der Waals surface area (Å²) in [4.78, 5) is 16.0. The van der Waals surface area contributed by atoms with Gasteiger partial charge in [-0.3, -0.25) is 4.79 Å². The number of nitrogens with one attached hydrogen (secondary N) is 2. The molecule has 1 aromatic heterocycles. The first-order chi connectivity index (χ1) is 11.5. The van der Waals surface area contributed by atoms with Crippen LogP contribution in [0.2, 0.25) is 0 Å². The molecular weight excluding hydrogens is 359 g/mol. The van der Waals surface area contributed by atoms with Crippen molar-refractivity contribution in [2.24, 2.45) is 0 Å². The maximum absolute atomic E-state index is 12.8. The predicted octanol–water partition coefficient (Wildman–Crippen LogP) is 3.40. The number of hydrogen-bond donors (Lipinski definition) is 2. The molecule has 10 heteroatoms. The Balaban J connectivity index is 2.38. The van der Waals surface area contributed by atoms with E-state index in [0.717, 1.165) is 0 Å². The van der Waals surface area contributed by atoms with Crippen LogP contribution in [0.1, 0.15) is 15.9 Å². The Morgan fingerprint density at radius 2 is 2.00 bits per heavy atom. The summed E-state index contributed by atoms with van der Waals surface area (Å²) < 4.78 is 62.6. The minimum Gasteiger partial charge on any atom is -0.480 e. The Bertz CT molecular complexity index is 912. The van der Waals surface area contributed by atoms with Crippen LogP contribution >= 0.6 is 0 Å². The lowest BCUT2D eigenvalue weighted by Crippen LogP contribution is -2.16. The van der Waals surface area contributed by atoms with E-state index in [1.807, 2.05) is 0 Å². The standard InChI is InChI=1S/C15H14F3N3O3S/c1-24-14-12(6-9(8-20-14)15(16,17)18)13(22)21-10-4-3-5-11(7-10)25(2,19)23/h3-8,19H,1-2H3,(H,21,22)/t25-/m1/s1. The number of carbonyl (C=O) groups excluding carboxylic acids is 1. The molecule has 1 atom stereocenters. The van der Waals surface area contributed by atoms with Gasteiger partial charge in [-0.2, -0.15) is 13.2 Å². The van der Waals surface area contributed by atoms with Crippen molar-refractivity contribution in [1.29, 1.82) is 4.78 Å². The number of nitrogens with zero attached hydrogens (tertiary/aromatic N) is 1. The molecule has 1 amide bonds. The van der Waals surface area contributed by atoms with E-state index in [1.165, 1.54) is 37.6 Å². The molecule has 2 N–H and O–H groups in total. The summed E-state index contributed by atoms with van der Waals surface area (Å²) in [6.45, 7) is 0. The number of halogens is 3. The summed E-state index contributed by atoms with van der Waals surface area (Å²) in [5, 5.41) is 2.39. The summed E-state index contributed by atoms with van der Waals surface area (Å²) in [6.07, 6.45) is -2.87. The third-order valence-electron chi connectivity index (χ3n) is 3.16. The smallest absolute Gasteiger partial charge is 0.417 e. The average Bonchev–Trinajstić information content (AvgIpc) is 2.52. The van der Waals surface area contributed by atoms with Gasteiger partial charge in [0.1, 0.15) is 5.56 Å². The normalized spacial score (nSPS) is 13.8. The van der Waals surface area contributed by atoms with Crippen LogP contribution in [0.25, 0.3) is 0 Å². The zero-order valence-corrected chi connectivity index (χ0v) is 14.0. The van der Waals surface area contributed by atoms with Gasteiger partial charge in [0.25, 0.3) is 5.91 Å². The minimum absolute atomic E-state index is 0.180. The van der Waals surface area contributed by atoms with Crippen LogP contribution in [0.4, 0.5) is 18.9 Å². The first kappa shape index (κ1) is 18.7. The number of rotatable bonds is 4. The molecule has 25 heavy (non-hydrogen) atoms. The second-order valence-electron chi connectivity index (χ2n) is 5.10. The van der Waals surface area contributed by atoms with Crippen molar-refractivity contribution in [1.82, 2.24) is 4.98 Å². The monoisotopic (exact) mass is 373 g/mol. The molecule has 134 valence electrons. The third kappa shape index (κ3) is 4.47. The fourth-order valence-corrected chi connectivity index (χ4v) is 2.64. The van der Waals surface area contributed by atoms with Gasteiger partial charge >= 0.3 is 6.18 Å². The average molecular weight is 373 g/mol. The van der Waals surface area contributed by atoms with Crippen LogP contribution in [0.15, 0.2) is 41.4 Å². The number of hydrogen-bond acceptors (Lipinski definition) is 5. The van der Waals surface area contributed by atoms with Crippen LogP contribution in [-0.4, -0.2) is 28.5 Å². The van der Waals surface area contributed by atoms with Gasteiger partial charge in [-0.1, -0.05) is 6.07 Å². The third-order valence-corrected chi connectivity index (χ3v) is 4.31. The van der Waals surface area contributed by atoms with Gasteiger partial charge in [-0.25, -0.2) is 14.0 Å². The molecule has 0 radical (unpaired) electrons. The van der Waals surface area contributed by atoms with Crippen molar-refractivity contribution < 1.29 is 26.9 Å². The van der Waals surface area contributed by atoms with Crippen molar-refractivity contribution >= 4 is 21.3 Å². The lowest BCUT2D eigenvalue weighted by molar-refractivity contribution is -0.137. The molecule has 0 aliphatic rings. The van der Waals surface area contributed by atoms with E-state index in [1.54, 1.807) is 0 Å². The zero-order chi connectivity index (χ0) is 18.8. The number of ether oxygens (including phenoxy) is 1. The van der Waals surface area contributed by atoms with Gasteiger partial charge in [-0.05, 0) is 24.3 Å². The van der Waals surface area contributed by atoms with Crippen LogP contribution in [0.3, 0.4) is 0 Å². The van der Waals surface area contributed by atoms with Gasteiger partial charge in [-0.15, -0.1) is 0 Å². The summed E-state index contributed by atoms with van der Waals surface area (Å²) in [5.74, 6) is -1.14. The van der Waals surface area contributed by atoms with Gasteiger partial charge < -0.3 is 10.1 Å². The minimum atomic E-state index is -4.66. The largest absolute Gasteiger partial charge is 0.480 e. The fourth-order valence-electron chi connectivity index (χ4n) is 1.95. The van der Waals surface area contributed by atoms with Crippen molar-refractivity contribution in [2.45, 2.75) is 11.1 Å². The molecule has 2 aromatic rings. The molecule has 0 aliphatic carbocycles. The maximum atomic E-state index is 12.8. The number of carbonyl (C=O) groups is 1. The Labute approximate surface area is 142 Å². The molecule has 6 nitrogen and oxygen atoms in total. The summed E-state index contributed by atoms with van der Waals surface area (Å²) in [7, 11) is -1.82. The highest BCUT2D eigenvalue weighted by Crippen LogP contribution is 2.31. The number of aromatic nitrogens is 1. The van der Waals surface area contributed by atoms with E-state index in [4.69, 9.17) is 9.52 Å². The molecule has 0 aliphatic heterocycles. The molecule has 0 bridgehead atoms. The Kier molecular flexibility index (Phi) is 5.02. The second-order valence-corrected chi connectivity index (χ2v) is 7.26. The number of alkyl halides is 3. The van der Waals surface area contributed by atoms with E-state index in [9.17, 15) is 22.2 Å². The van der Waals surface area contributed by atoms with Crippen molar-refractivity contribution in [3.8, 4) is 5.88 Å². The zero-order valence-electron chi connectivity index (χ0n) is 13.2. The van der Waals surface area contributed by atoms with Crippen LogP contribution in [0.5, 0.6) is 5.88 Å². The van der Waals surface area contributed by atoms with Crippen molar-refractivity contribution in [2.75, 3.05) is 18.7 Å². The first-order valence-electron chi connectivity index (χ1n) is 6.79. The molecule has 0 saturated carbocycles. The lowest BCUT2D eigenvalue weighted by Gasteiger charge is -2.12. The van der Waals surface area contributed by atoms with Crippen LogP contribution in [-0.2, 0) is 15.9 Å². The highest BCUT2D eigenvalue weighted by atomic mass is 32.2. The number of amides is 1.